The van der Waals surface area contributed by atoms with Gasteiger partial charge in [0, 0.05) is 25.8 Å². The average molecular weight is 344 g/mol. The number of ether oxygens (including phenoxy) is 2. The van der Waals surface area contributed by atoms with E-state index in [-0.39, 0.29) is 35.5 Å². The Morgan fingerprint density at radius 1 is 1.48 bits per heavy atom. The zero-order valence-electron chi connectivity index (χ0n) is 13.1. The monoisotopic (exact) mass is 344 g/mol. The van der Waals surface area contributed by atoms with Gasteiger partial charge in [-0.05, 0) is 18.9 Å². The fraction of sp³-hybridized carbons (Fsp3) is 0.571. The molecule has 8 nitrogen and oxygen atoms in total. The molecule has 0 amide bonds. The topological polar surface area (TPSA) is 99.0 Å². The second-order valence-corrected chi connectivity index (χ2v) is 7.09. The first-order valence-corrected chi connectivity index (χ1v) is 8.78. The molecule has 1 aromatic rings. The standard InChI is InChI=1S/C14H20N2O6S/c1-3-15(10-12-5-4-8-22-12)23(19,20)14-7-6-11(16(17)18)9-13(14)21-2/h6-7,9,12H,3-5,8,10H2,1-2H3/t12-/m0/s1. The van der Waals surface area contributed by atoms with E-state index in [1.165, 1.54) is 17.5 Å². The fourth-order valence-corrected chi connectivity index (χ4v) is 4.15. The van der Waals surface area contributed by atoms with E-state index in [1.807, 2.05) is 0 Å². The van der Waals surface area contributed by atoms with Gasteiger partial charge >= 0.3 is 0 Å². The van der Waals surface area contributed by atoms with E-state index in [4.69, 9.17) is 9.47 Å². The SMILES string of the molecule is CCN(C[C@@H]1CCCO1)S(=O)(=O)c1ccc([N+](=O)[O-])cc1OC. The van der Waals surface area contributed by atoms with Crippen molar-refractivity contribution in [3.63, 3.8) is 0 Å². The number of nitro benzene ring substituents is 1. The van der Waals surface area contributed by atoms with Crippen molar-refractivity contribution in [2.24, 2.45) is 0 Å². The molecule has 1 aliphatic heterocycles. The second kappa shape index (κ2) is 7.24. The molecule has 0 spiro atoms. The summed E-state index contributed by atoms with van der Waals surface area (Å²) in [5, 5.41) is 10.8. The van der Waals surface area contributed by atoms with Crippen molar-refractivity contribution in [2.45, 2.75) is 30.8 Å². The first kappa shape index (κ1) is 17.6. The Morgan fingerprint density at radius 2 is 2.22 bits per heavy atom. The van der Waals surface area contributed by atoms with Gasteiger partial charge in [-0.3, -0.25) is 10.1 Å². The predicted molar refractivity (Wildman–Crippen MR) is 83.1 cm³/mol. The van der Waals surface area contributed by atoms with E-state index in [1.54, 1.807) is 6.92 Å². The predicted octanol–water partition coefficient (Wildman–Crippen LogP) is 1.79. The summed E-state index contributed by atoms with van der Waals surface area (Å²) < 4.78 is 37.5. The van der Waals surface area contributed by atoms with Gasteiger partial charge < -0.3 is 9.47 Å². The van der Waals surface area contributed by atoms with Gasteiger partial charge in [-0.25, -0.2) is 8.42 Å². The minimum atomic E-state index is -3.82. The third-order valence-electron chi connectivity index (χ3n) is 3.76. The molecule has 0 aliphatic carbocycles. The Morgan fingerprint density at radius 3 is 2.74 bits per heavy atom. The molecule has 128 valence electrons. The number of non-ortho nitro benzene ring substituents is 1. The zero-order valence-corrected chi connectivity index (χ0v) is 13.9. The maximum Gasteiger partial charge on any atom is 0.273 e. The largest absolute Gasteiger partial charge is 0.495 e. The summed E-state index contributed by atoms with van der Waals surface area (Å²) in [6.07, 6.45) is 1.63. The first-order valence-electron chi connectivity index (χ1n) is 7.34. The normalized spacial score (nSPS) is 18.3. The average Bonchev–Trinajstić information content (AvgIpc) is 3.04. The summed E-state index contributed by atoms with van der Waals surface area (Å²) in [6.45, 7) is 2.93. The van der Waals surface area contributed by atoms with Crippen LogP contribution >= 0.6 is 0 Å². The summed E-state index contributed by atoms with van der Waals surface area (Å²) in [7, 11) is -2.53. The molecule has 1 fully saturated rings. The van der Waals surface area contributed by atoms with Crippen LogP contribution in [0.1, 0.15) is 19.8 Å². The van der Waals surface area contributed by atoms with Crippen LogP contribution in [-0.4, -0.2) is 50.6 Å². The number of methoxy groups -OCH3 is 1. The lowest BCUT2D eigenvalue weighted by Crippen LogP contribution is -2.37. The molecular formula is C14H20N2O6S. The third kappa shape index (κ3) is 3.80. The minimum absolute atomic E-state index is 0.0370. The van der Waals surface area contributed by atoms with Crippen LogP contribution in [0.15, 0.2) is 23.1 Å². The first-order chi connectivity index (χ1) is 10.9. The molecule has 0 radical (unpaired) electrons. The van der Waals surface area contributed by atoms with Gasteiger partial charge in [0.2, 0.25) is 10.0 Å². The number of sulfonamides is 1. The summed E-state index contributed by atoms with van der Waals surface area (Å²) in [5.74, 6) is -0.0370. The highest BCUT2D eigenvalue weighted by Crippen LogP contribution is 2.31. The van der Waals surface area contributed by atoms with E-state index < -0.39 is 14.9 Å². The molecule has 1 aliphatic rings. The number of hydrogen-bond acceptors (Lipinski definition) is 6. The van der Waals surface area contributed by atoms with Crippen LogP contribution in [0.2, 0.25) is 0 Å². The number of nitro groups is 1. The molecule has 1 atom stereocenters. The molecule has 0 bridgehead atoms. The van der Waals surface area contributed by atoms with Crippen molar-refractivity contribution < 1.29 is 22.8 Å². The molecule has 0 saturated carbocycles. The van der Waals surface area contributed by atoms with Gasteiger partial charge in [-0.15, -0.1) is 0 Å². The highest BCUT2D eigenvalue weighted by atomic mass is 32.2. The summed E-state index contributed by atoms with van der Waals surface area (Å²) in [4.78, 5) is 10.2. The van der Waals surface area contributed by atoms with Crippen LogP contribution in [0.5, 0.6) is 5.75 Å². The lowest BCUT2D eigenvalue weighted by molar-refractivity contribution is -0.385. The maximum atomic E-state index is 12.8. The number of nitrogens with zero attached hydrogens (tertiary/aromatic N) is 2. The third-order valence-corrected chi connectivity index (χ3v) is 5.74. The Labute approximate surface area is 135 Å². The molecule has 2 rings (SSSR count). The molecule has 0 aromatic heterocycles. The quantitative estimate of drug-likeness (QED) is 0.552. The molecule has 0 N–H and O–H groups in total. The second-order valence-electron chi connectivity index (χ2n) is 5.18. The Bertz CT molecular complexity index is 670. The van der Waals surface area contributed by atoms with Crippen molar-refractivity contribution in [2.75, 3.05) is 26.8 Å². The van der Waals surface area contributed by atoms with Gasteiger partial charge in [-0.1, -0.05) is 6.92 Å². The number of hydrogen-bond donors (Lipinski definition) is 0. The summed E-state index contributed by atoms with van der Waals surface area (Å²) in [5.41, 5.74) is -0.219. The molecule has 1 heterocycles. The Balaban J connectivity index is 2.34. The van der Waals surface area contributed by atoms with Gasteiger partial charge in [0.1, 0.15) is 10.6 Å². The zero-order chi connectivity index (χ0) is 17.0. The molecular weight excluding hydrogens is 324 g/mol. The van der Waals surface area contributed by atoms with Crippen LogP contribution in [0.4, 0.5) is 5.69 Å². The van der Waals surface area contributed by atoms with E-state index in [9.17, 15) is 18.5 Å². The van der Waals surface area contributed by atoms with Crippen molar-refractivity contribution in [3.8, 4) is 5.75 Å². The Kier molecular flexibility index (Phi) is 5.55. The van der Waals surface area contributed by atoms with E-state index in [0.29, 0.717) is 6.61 Å². The highest BCUT2D eigenvalue weighted by Gasteiger charge is 2.31. The summed E-state index contributed by atoms with van der Waals surface area (Å²) >= 11 is 0. The molecule has 0 unspecified atom stereocenters. The minimum Gasteiger partial charge on any atom is -0.495 e. The lowest BCUT2D eigenvalue weighted by atomic mass is 10.2. The highest BCUT2D eigenvalue weighted by molar-refractivity contribution is 7.89. The maximum absolute atomic E-state index is 12.8. The Hall–Kier alpha value is -1.71. The van der Waals surface area contributed by atoms with Crippen LogP contribution in [-0.2, 0) is 14.8 Å². The van der Waals surface area contributed by atoms with Crippen molar-refractivity contribution in [3.05, 3.63) is 28.3 Å². The van der Waals surface area contributed by atoms with Crippen LogP contribution < -0.4 is 4.74 Å². The molecule has 9 heteroatoms. The van der Waals surface area contributed by atoms with Crippen molar-refractivity contribution >= 4 is 15.7 Å². The van der Waals surface area contributed by atoms with E-state index in [2.05, 4.69) is 0 Å². The smallest absolute Gasteiger partial charge is 0.273 e. The lowest BCUT2D eigenvalue weighted by Gasteiger charge is -2.24. The molecule has 1 saturated heterocycles. The molecule has 1 aromatic carbocycles. The van der Waals surface area contributed by atoms with E-state index in [0.717, 1.165) is 25.0 Å². The van der Waals surface area contributed by atoms with Gasteiger partial charge in [0.15, 0.2) is 0 Å². The summed E-state index contributed by atoms with van der Waals surface area (Å²) in [6, 6.07) is 3.49. The van der Waals surface area contributed by atoms with Gasteiger partial charge in [-0.2, -0.15) is 4.31 Å². The number of likely N-dealkylation sites (N-methyl/N-ethyl adjacent to an activating group) is 1. The van der Waals surface area contributed by atoms with Crippen molar-refractivity contribution in [1.82, 2.24) is 4.31 Å². The number of rotatable bonds is 7. The van der Waals surface area contributed by atoms with Crippen molar-refractivity contribution in [1.29, 1.82) is 0 Å². The van der Waals surface area contributed by atoms with Crippen LogP contribution in [0.25, 0.3) is 0 Å². The number of benzene rings is 1. The van der Waals surface area contributed by atoms with E-state index >= 15 is 0 Å². The van der Waals surface area contributed by atoms with Gasteiger partial charge in [0.25, 0.3) is 5.69 Å². The van der Waals surface area contributed by atoms with Crippen LogP contribution in [0, 0.1) is 10.1 Å². The van der Waals surface area contributed by atoms with Gasteiger partial charge in [0.05, 0.1) is 24.2 Å². The fourth-order valence-electron chi connectivity index (χ4n) is 2.53. The molecule has 23 heavy (non-hydrogen) atoms. The van der Waals surface area contributed by atoms with Crippen LogP contribution in [0.3, 0.4) is 0 Å².